The summed E-state index contributed by atoms with van der Waals surface area (Å²) in [6.07, 6.45) is -2.52. The minimum absolute atomic E-state index is 0.00272. The van der Waals surface area contributed by atoms with Crippen molar-refractivity contribution in [1.82, 2.24) is 9.97 Å². The molecule has 1 aromatic carbocycles. The molecule has 0 spiro atoms. The van der Waals surface area contributed by atoms with Gasteiger partial charge in [-0.15, -0.1) is 0 Å². The summed E-state index contributed by atoms with van der Waals surface area (Å²) in [5.41, 5.74) is 6.09. The number of nitrogens with zero attached hydrogens (tertiary/aromatic N) is 2. The van der Waals surface area contributed by atoms with Gasteiger partial charge >= 0.3 is 6.18 Å². The highest BCUT2D eigenvalue weighted by molar-refractivity contribution is 6.07. The number of aromatic nitrogens is 2. The van der Waals surface area contributed by atoms with Gasteiger partial charge in [-0.05, 0) is 18.2 Å². The van der Waals surface area contributed by atoms with Crippen molar-refractivity contribution in [2.45, 2.75) is 6.18 Å². The van der Waals surface area contributed by atoms with E-state index in [1.54, 1.807) is 0 Å². The zero-order chi connectivity index (χ0) is 25.8. The number of aliphatic hydroxyl groups excluding tert-OH is 1. The molecule has 2 heterocycles. The summed E-state index contributed by atoms with van der Waals surface area (Å²) < 4.78 is 75.1. The maximum Gasteiger partial charge on any atom is 0.418 e. The van der Waals surface area contributed by atoms with Crippen molar-refractivity contribution in [2.75, 3.05) is 30.8 Å². The number of hydrogen-bond donors (Lipinski definition) is 4. The van der Waals surface area contributed by atoms with Crippen LogP contribution in [0.15, 0.2) is 42.7 Å². The number of nitrogen functional groups attached to an aromatic ring is 1. The molecule has 8 nitrogen and oxygen atoms in total. The van der Waals surface area contributed by atoms with Gasteiger partial charge in [0.15, 0.2) is 5.69 Å². The van der Waals surface area contributed by atoms with Crippen molar-refractivity contribution in [3.63, 3.8) is 0 Å². The molecule has 1 amide bonds. The minimum atomic E-state index is -5.07. The number of aliphatic hydroxyl groups is 1. The Morgan fingerprint density at radius 3 is 2.49 bits per heavy atom. The molecular formula is C22H20F5N5O3. The fourth-order valence-electron chi connectivity index (χ4n) is 3.03. The smallest absolute Gasteiger partial charge is 0.418 e. The molecule has 0 fully saturated rings. The Hall–Kier alpha value is -3.84. The number of nitrogens with two attached hydrogens (primary N) is 2. The van der Waals surface area contributed by atoms with Gasteiger partial charge in [0, 0.05) is 24.7 Å². The Bertz CT molecular complexity index is 1200. The fourth-order valence-corrected chi connectivity index (χ4v) is 3.03. The number of rotatable bonds is 8. The average molecular weight is 497 g/mol. The Morgan fingerprint density at radius 2 is 1.89 bits per heavy atom. The van der Waals surface area contributed by atoms with E-state index in [-0.39, 0.29) is 31.2 Å². The summed E-state index contributed by atoms with van der Waals surface area (Å²) in [6.45, 7) is -0.118. The van der Waals surface area contributed by atoms with Crippen molar-refractivity contribution in [3.8, 4) is 17.0 Å². The number of halogens is 5. The molecule has 35 heavy (non-hydrogen) atoms. The number of anilines is 2. The highest BCUT2D eigenvalue weighted by atomic mass is 19.4. The zero-order valence-corrected chi connectivity index (χ0v) is 17.9. The van der Waals surface area contributed by atoms with Crippen LogP contribution in [-0.2, 0) is 6.18 Å². The van der Waals surface area contributed by atoms with Crippen molar-refractivity contribution >= 4 is 17.3 Å². The third-order valence-corrected chi connectivity index (χ3v) is 4.87. The monoisotopic (exact) mass is 497 g/mol. The van der Waals surface area contributed by atoms with Gasteiger partial charge < -0.3 is 26.6 Å². The number of nitrogens with one attached hydrogen (secondary N) is 1. The first-order valence-electron chi connectivity index (χ1n) is 10.1. The molecule has 0 radical (unpaired) electrons. The highest BCUT2D eigenvalue weighted by Gasteiger charge is 2.37. The highest BCUT2D eigenvalue weighted by Crippen LogP contribution is 2.39. The van der Waals surface area contributed by atoms with Gasteiger partial charge in [-0.2, -0.15) is 13.2 Å². The molecule has 0 aliphatic heterocycles. The second-order valence-corrected chi connectivity index (χ2v) is 7.34. The molecule has 0 saturated carbocycles. The second kappa shape index (κ2) is 10.6. The topological polar surface area (TPSA) is 136 Å². The van der Waals surface area contributed by atoms with Crippen molar-refractivity contribution in [2.24, 2.45) is 11.7 Å². The van der Waals surface area contributed by atoms with Gasteiger partial charge in [-0.3, -0.25) is 9.78 Å². The van der Waals surface area contributed by atoms with Crippen molar-refractivity contribution < 1.29 is 36.6 Å². The first-order valence-corrected chi connectivity index (χ1v) is 10.1. The van der Waals surface area contributed by atoms with E-state index in [0.717, 1.165) is 18.2 Å². The van der Waals surface area contributed by atoms with Gasteiger partial charge in [0.2, 0.25) is 0 Å². The van der Waals surface area contributed by atoms with Crippen LogP contribution in [0.2, 0.25) is 0 Å². The summed E-state index contributed by atoms with van der Waals surface area (Å²) >= 11 is 0. The van der Waals surface area contributed by atoms with Gasteiger partial charge in [0.05, 0.1) is 41.9 Å². The van der Waals surface area contributed by atoms with Crippen LogP contribution in [0.5, 0.6) is 5.75 Å². The van der Waals surface area contributed by atoms with Gasteiger partial charge in [-0.25, -0.2) is 13.8 Å². The molecule has 1 atom stereocenters. The summed E-state index contributed by atoms with van der Waals surface area (Å²) in [5.74, 6) is -3.96. The lowest BCUT2D eigenvalue weighted by molar-refractivity contribution is -0.137. The Kier molecular flexibility index (Phi) is 7.82. The number of alkyl halides is 3. The largest absolute Gasteiger partial charge is 0.491 e. The number of hydrogen-bond acceptors (Lipinski definition) is 7. The standard InChI is InChI=1S/C22H20F5N5O3/c23-13-2-1-3-14(24)18(13)19-12(22(25,26)27)6-15(29)20(32-19)21(34)31-16-8-30-5-4-17(16)35-10-11(7-28)9-33/h1-6,8,11,33H,7,9-10,28-29H2,(H,31,34). The van der Waals surface area contributed by atoms with Crippen LogP contribution in [0.4, 0.5) is 33.3 Å². The second-order valence-electron chi connectivity index (χ2n) is 7.34. The van der Waals surface area contributed by atoms with E-state index in [0.29, 0.717) is 6.07 Å². The predicted molar refractivity (Wildman–Crippen MR) is 116 cm³/mol. The summed E-state index contributed by atoms with van der Waals surface area (Å²) in [4.78, 5) is 20.3. The summed E-state index contributed by atoms with van der Waals surface area (Å²) in [7, 11) is 0. The predicted octanol–water partition coefficient (Wildman–Crippen LogP) is 3.22. The van der Waals surface area contributed by atoms with Crippen LogP contribution >= 0.6 is 0 Å². The van der Waals surface area contributed by atoms with Gasteiger partial charge in [0.1, 0.15) is 23.1 Å². The quantitative estimate of drug-likeness (QED) is 0.351. The first kappa shape index (κ1) is 25.8. The summed E-state index contributed by atoms with van der Waals surface area (Å²) in [5, 5.41) is 11.6. The third-order valence-electron chi connectivity index (χ3n) is 4.87. The number of benzene rings is 1. The van der Waals surface area contributed by atoms with Crippen LogP contribution in [0.25, 0.3) is 11.3 Å². The number of ether oxygens (including phenoxy) is 1. The van der Waals surface area contributed by atoms with Gasteiger partial charge in [-0.1, -0.05) is 6.07 Å². The maximum absolute atomic E-state index is 14.3. The first-order chi connectivity index (χ1) is 16.6. The molecule has 2 aromatic heterocycles. The molecular weight excluding hydrogens is 477 g/mol. The lowest BCUT2D eigenvalue weighted by Gasteiger charge is -2.18. The van der Waals surface area contributed by atoms with Gasteiger partial charge in [0.25, 0.3) is 5.91 Å². The number of amides is 1. The molecule has 6 N–H and O–H groups in total. The number of carbonyl (C=O) groups is 1. The Labute approximate surface area is 195 Å². The molecule has 186 valence electrons. The molecule has 13 heteroatoms. The molecule has 1 unspecified atom stereocenters. The van der Waals surface area contributed by atoms with E-state index >= 15 is 0 Å². The number of carbonyl (C=O) groups excluding carboxylic acids is 1. The van der Waals surface area contributed by atoms with E-state index in [9.17, 15) is 31.9 Å². The molecule has 0 aliphatic rings. The summed E-state index contributed by atoms with van der Waals surface area (Å²) in [6, 6.07) is 4.27. The van der Waals surface area contributed by atoms with Crippen molar-refractivity contribution in [3.05, 3.63) is 65.6 Å². The molecule has 0 saturated heterocycles. The van der Waals surface area contributed by atoms with E-state index in [2.05, 4.69) is 15.3 Å². The Morgan fingerprint density at radius 1 is 1.20 bits per heavy atom. The van der Waals surface area contributed by atoms with E-state index in [4.69, 9.17) is 16.2 Å². The van der Waals surface area contributed by atoms with Crippen LogP contribution in [0.3, 0.4) is 0 Å². The molecule has 3 aromatic rings. The molecule has 3 rings (SSSR count). The van der Waals surface area contributed by atoms with Crippen LogP contribution < -0.4 is 21.5 Å². The van der Waals surface area contributed by atoms with E-state index in [1.165, 1.54) is 18.5 Å². The van der Waals surface area contributed by atoms with E-state index in [1.807, 2.05) is 0 Å². The van der Waals surface area contributed by atoms with Crippen molar-refractivity contribution in [1.29, 1.82) is 0 Å². The van der Waals surface area contributed by atoms with Crippen LogP contribution in [0, 0.1) is 17.6 Å². The SMILES string of the molecule is NCC(CO)COc1ccncc1NC(=O)c1nc(-c2c(F)cccc2F)c(C(F)(F)F)cc1N. The average Bonchev–Trinajstić information content (AvgIpc) is 2.80. The zero-order valence-electron chi connectivity index (χ0n) is 17.9. The fraction of sp³-hybridized carbons (Fsp3) is 0.227. The molecule has 0 aliphatic carbocycles. The third kappa shape index (κ3) is 5.81. The van der Waals surface area contributed by atoms with E-state index < -0.39 is 57.8 Å². The maximum atomic E-state index is 14.3. The lowest BCUT2D eigenvalue weighted by Crippen LogP contribution is -2.25. The van der Waals surface area contributed by atoms with Crippen LogP contribution in [-0.4, -0.2) is 40.7 Å². The number of pyridine rings is 2. The Balaban J connectivity index is 2.02. The van der Waals surface area contributed by atoms with Crippen LogP contribution in [0.1, 0.15) is 16.1 Å². The normalized spacial score (nSPS) is 12.3. The lowest BCUT2D eigenvalue weighted by atomic mass is 10.0. The molecule has 0 bridgehead atoms. The minimum Gasteiger partial charge on any atom is -0.491 e.